The first-order chi connectivity index (χ1) is 7.43. The molecule has 0 radical (unpaired) electrons. The van der Waals surface area contributed by atoms with Gasteiger partial charge < -0.3 is 10.3 Å². The third-order valence-corrected chi connectivity index (χ3v) is 2.52. The van der Waals surface area contributed by atoms with Gasteiger partial charge in [0.1, 0.15) is 0 Å². The largest absolute Gasteiger partial charge is 0.342 e. The first-order valence-electron chi connectivity index (χ1n) is 4.99. The molecule has 1 aliphatic heterocycles. The van der Waals surface area contributed by atoms with Crippen molar-refractivity contribution in [1.82, 2.24) is 25.3 Å². The van der Waals surface area contributed by atoms with Crippen molar-refractivity contribution in [2.24, 2.45) is 0 Å². The molecule has 0 saturated carbocycles. The number of nitrogens with zero attached hydrogens (tertiary/aromatic N) is 3. The lowest BCUT2D eigenvalue weighted by molar-refractivity contribution is 0.626. The Hall–Kier alpha value is -1.75. The van der Waals surface area contributed by atoms with Crippen LogP contribution >= 0.6 is 0 Å². The van der Waals surface area contributed by atoms with Crippen LogP contribution in [-0.4, -0.2) is 26.5 Å². The van der Waals surface area contributed by atoms with Crippen molar-refractivity contribution in [3.63, 3.8) is 0 Å². The Labute approximate surface area is 87.0 Å². The molecule has 0 spiro atoms. The molecule has 0 bridgehead atoms. The van der Waals surface area contributed by atoms with Crippen LogP contribution in [0.25, 0.3) is 11.6 Å². The molecule has 2 aromatic rings. The zero-order chi connectivity index (χ0) is 10.1. The van der Waals surface area contributed by atoms with E-state index in [-0.39, 0.29) is 0 Å². The van der Waals surface area contributed by atoms with E-state index in [9.17, 15) is 0 Å². The second-order valence-electron chi connectivity index (χ2n) is 3.53. The van der Waals surface area contributed by atoms with Crippen LogP contribution in [0.2, 0.25) is 0 Å². The monoisotopic (exact) mass is 201 g/mol. The van der Waals surface area contributed by atoms with E-state index >= 15 is 0 Å². The van der Waals surface area contributed by atoms with Gasteiger partial charge in [-0.25, -0.2) is 15.0 Å². The molecule has 5 heteroatoms. The maximum Gasteiger partial charge on any atom is 0.195 e. The predicted molar refractivity (Wildman–Crippen MR) is 55.0 cm³/mol. The highest BCUT2D eigenvalue weighted by Gasteiger charge is 2.12. The molecule has 0 fully saturated rings. The van der Waals surface area contributed by atoms with Crippen molar-refractivity contribution in [2.45, 2.75) is 13.0 Å². The lowest BCUT2D eigenvalue weighted by Gasteiger charge is -2.15. The Morgan fingerprint density at radius 1 is 1.27 bits per heavy atom. The van der Waals surface area contributed by atoms with E-state index < -0.39 is 0 Å². The Bertz CT molecular complexity index is 463. The van der Waals surface area contributed by atoms with E-state index in [2.05, 4.69) is 25.3 Å². The molecule has 0 saturated heterocycles. The summed E-state index contributed by atoms with van der Waals surface area (Å²) in [6.45, 7) is 1.86. The van der Waals surface area contributed by atoms with Crippen LogP contribution in [-0.2, 0) is 13.0 Å². The van der Waals surface area contributed by atoms with E-state index in [1.165, 1.54) is 5.56 Å². The standard InChI is InChI=1S/C10H11N5/c1-2-11-5-7-6-14-10(15-8(1)7)9-12-3-4-13-9/h3-4,6,11H,1-2,5H2,(H,12,13). The Kier molecular flexibility index (Phi) is 1.96. The fourth-order valence-electron chi connectivity index (χ4n) is 1.74. The molecule has 2 N–H and O–H groups in total. The summed E-state index contributed by atoms with van der Waals surface area (Å²) in [4.78, 5) is 15.9. The van der Waals surface area contributed by atoms with Gasteiger partial charge in [-0.3, -0.25) is 0 Å². The van der Waals surface area contributed by atoms with Gasteiger partial charge in [-0.05, 0) is 0 Å². The van der Waals surface area contributed by atoms with Gasteiger partial charge in [0.25, 0.3) is 0 Å². The Morgan fingerprint density at radius 2 is 2.27 bits per heavy atom. The number of H-pyrrole nitrogens is 1. The van der Waals surface area contributed by atoms with Crippen LogP contribution in [0.5, 0.6) is 0 Å². The van der Waals surface area contributed by atoms with Crippen molar-refractivity contribution >= 4 is 0 Å². The quantitative estimate of drug-likeness (QED) is 0.705. The van der Waals surface area contributed by atoms with Gasteiger partial charge in [0.2, 0.25) is 0 Å². The van der Waals surface area contributed by atoms with Crippen LogP contribution < -0.4 is 5.32 Å². The Morgan fingerprint density at radius 3 is 3.13 bits per heavy atom. The number of hydrogen-bond donors (Lipinski definition) is 2. The molecule has 76 valence electrons. The molecule has 5 nitrogen and oxygen atoms in total. The number of aromatic nitrogens is 4. The molecule has 0 atom stereocenters. The Balaban J connectivity index is 2.04. The minimum absolute atomic E-state index is 0.681. The predicted octanol–water partition coefficient (Wildman–Crippen LogP) is 0.512. The number of aromatic amines is 1. The van der Waals surface area contributed by atoms with Crippen LogP contribution in [0.4, 0.5) is 0 Å². The highest BCUT2D eigenvalue weighted by molar-refractivity contribution is 5.43. The fourth-order valence-corrected chi connectivity index (χ4v) is 1.74. The zero-order valence-corrected chi connectivity index (χ0v) is 8.20. The number of nitrogens with one attached hydrogen (secondary N) is 2. The fraction of sp³-hybridized carbons (Fsp3) is 0.300. The highest BCUT2D eigenvalue weighted by atomic mass is 15.0. The van der Waals surface area contributed by atoms with Gasteiger partial charge in [0.15, 0.2) is 11.6 Å². The molecule has 0 amide bonds. The zero-order valence-electron chi connectivity index (χ0n) is 8.20. The number of rotatable bonds is 1. The molecule has 0 aliphatic carbocycles. The summed E-state index contributed by atoms with van der Waals surface area (Å²) in [5.74, 6) is 1.41. The molecule has 0 aromatic carbocycles. The van der Waals surface area contributed by atoms with Crippen LogP contribution in [0, 0.1) is 0 Å². The molecule has 3 rings (SSSR count). The maximum absolute atomic E-state index is 4.51. The molecule has 3 heterocycles. The summed E-state index contributed by atoms with van der Waals surface area (Å²) in [7, 11) is 0. The van der Waals surface area contributed by atoms with Gasteiger partial charge in [0, 0.05) is 43.7 Å². The van der Waals surface area contributed by atoms with Crippen molar-refractivity contribution in [1.29, 1.82) is 0 Å². The van der Waals surface area contributed by atoms with Gasteiger partial charge >= 0.3 is 0 Å². The van der Waals surface area contributed by atoms with E-state index in [1.807, 2.05) is 6.20 Å². The van der Waals surface area contributed by atoms with Crippen LogP contribution in [0.1, 0.15) is 11.3 Å². The van der Waals surface area contributed by atoms with Gasteiger partial charge in [0.05, 0.1) is 5.69 Å². The molecule has 0 unspecified atom stereocenters. The van der Waals surface area contributed by atoms with E-state index in [4.69, 9.17) is 0 Å². The first kappa shape index (κ1) is 8.55. The smallest absolute Gasteiger partial charge is 0.195 e. The summed E-state index contributed by atoms with van der Waals surface area (Å²) in [6.07, 6.45) is 6.33. The van der Waals surface area contributed by atoms with Crippen LogP contribution in [0.15, 0.2) is 18.6 Å². The summed E-state index contributed by atoms with van der Waals surface area (Å²) < 4.78 is 0. The van der Waals surface area contributed by atoms with Crippen molar-refractivity contribution in [3.05, 3.63) is 29.8 Å². The maximum atomic E-state index is 4.51. The normalized spacial score (nSPS) is 14.9. The van der Waals surface area contributed by atoms with Crippen molar-refractivity contribution in [3.8, 4) is 11.6 Å². The van der Waals surface area contributed by atoms with E-state index in [0.717, 1.165) is 31.0 Å². The average molecular weight is 201 g/mol. The van der Waals surface area contributed by atoms with Gasteiger partial charge in [-0.1, -0.05) is 0 Å². The number of imidazole rings is 1. The summed E-state index contributed by atoms with van der Waals surface area (Å²) in [5.41, 5.74) is 2.33. The molecular formula is C10H11N5. The molecule has 2 aromatic heterocycles. The topological polar surface area (TPSA) is 66.5 Å². The second kappa shape index (κ2) is 3.43. The minimum Gasteiger partial charge on any atom is -0.342 e. The SMILES string of the molecule is c1c[nH]c(-c2ncc3c(n2)CCNC3)n1. The summed E-state index contributed by atoms with van der Waals surface area (Å²) in [5, 5.41) is 3.29. The summed E-state index contributed by atoms with van der Waals surface area (Å²) in [6, 6.07) is 0. The van der Waals surface area contributed by atoms with E-state index in [1.54, 1.807) is 12.4 Å². The highest BCUT2D eigenvalue weighted by Crippen LogP contribution is 2.14. The third-order valence-electron chi connectivity index (χ3n) is 2.52. The van der Waals surface area contributed by atoms with Crippen molar-refractivity contribution in [2.75, 3.05) is 6.54 Å². The second-order valence-corrected chi connectivity index (χ2v) is 3.53. The lowest BCUT2D eigenvalue weighted by atomic mass is 10.1. The third kappa shape index (κ3) is 1.50. The molecule has 15 heavy (non-hydrogen) atoms. The number of fused-ring (bicyclic) bond motifs is 1. The van der Waals surface area contributed by atoms with Gasteiger partial charge in [-0.15, -0.1) is 0 Å². The molecular weight excluding hydrogens is 190 g/mol. The molecule has 1 aliphatic rings. The van der Waals surface area contributed by atoms with Crippen LogP contribution in [0.3, 0.4) is 0 Å². The average Bonchev–Trinajstić information content (AvgIpc) is 2.82. The number of hydrogen-bond acceptors (Lipinski definition) is 4. The summed E-state index contributed by atoms with van der Waals surface area (Å²) >= 11 is 0. The van der Waals surface area contributed by atoms with Crippen molar-refractivity contribution < 1.29 is 0 Å². The first-order valence-corrected chi connectivity index (χ1v) is 4.99. The minimum atomic E-state index is 0.681. The van der Waals surface area contributed by atoms with Gasteiger partial charge in [-0.2, -0.15) is 0 Å². The van der Waals surface area contributed by atoms with E-state index in [0.29, 0.717) is 5.82 Å². The lowest BCUT2D eigenvalue weighted by Crippen LogP contribution is -2.25.